The zero-order chi connectivity index (χ0) is 13.1. The van der Waals surface area contributed by atoms with Gasteiger partial charge in [0.25, 0.3) is 0 Å². The molecule has 0 aliphatic carbocycles. The lowest BCUT2D eigenvalue weighted by Gasteiger charge is -2.07. The summed E-state index contributed by atoms with van der Waals surface area (Å²) in [6, 6.07) is 8.17. The van der Waals surface area contributed by atoms with Crippen molar-refractivity contribution in [2.45, 2.75) is 18.7 Å². The number of hydrogen-bond acceptors (Lipinski definition) is 4. The zero-order valence-electron chi connectivity index (χ0n) is 11.1. The summed E-state index contributed by atoms with van der Waals surface area (Å²) in [4.78, 5) is 16.8. The summed E-state index contributed by atoms with van der Waals surface area (Å²) in [5.41, 5.74) is 3.11. The zero-order valence-corrected chi connectivity index (χ0v) is 12.7. The highest BCUT2D eigenvalue weighted by Gasteiger charge is 2.08. The Balaban J connectivity index is 0.00000180. The number of carbonyl (C=O) groups excluding carboxylic acids is 1. The van der Waals surface area contributed by atoms with Crippen LogP contribution in [0.25, 0.3) is 10.9 Å². The average Bonchev–Trinajstić information content (AvgIpc) is 2.36. The van der Waals surface area contributed by atoms with E-state index in [1.54, 1.807) is 0 Å². The van der Waals surface area contributed by atoms with Gasteiger partial charge in [-0.1, -0.05) is 11.6 Å². The van der Waals surface area contributed by atoms with Crippen molar-refractivity contribution < 1.29 is 9.53 Å². The van der Waals surface area contributed by atoms with Gasteiger partial charge in [0.1, 0.15) is 0 Å². The lowest BCUT2D eigenvalue weighted by atomic mass is 10.1. The minimum absolute atomic E-state index is 0. The predicted octanol–water partition coefficient (Wildman–Crippen LogP) is 3.54. The summed E-state index contributed by atoms with van der Waals surface area (Å²) in [6.07, 6.45) is 0. The highest BCUT2D eigenvalue weighted by molar-refractivity contribution is 8.00. The second-order valence-electron chi connectivity index (χ2n) is 4.15. The molecule has 0 aliphatic rings. The topological polar surface area (TPSA) is 39.2 Å². The van der Waals surface area contributed by atoms with E-state index in [-0.39, 0.29) is 18.4 Å². The molecule has 0 bridgehead atoms. The Morgan fingerprint density at radius 1 is 1.32 bits per heavy atom. The second-order valence-corrected chi connectivity index (χ2v) is 5.16. The molecule has 0 aliphatic heterocycles. The highest BCUT2D eigenvalue weighted by atomic mass is 35.5. The molecule has 0 N–H and O–H groups in total. The van der Waals surface area contributed by atoms with Gasteiger partial charge in [-0.25, -0.2) is 0 Å². The van der Waals surface area contributed by atoms with Crippen LogP contribution in [0.15, 0.2) is 29.2 Å². The quantitative estimate of drug-likeness (QED) is 0.642. The van der Waals surface area contributed by atoms with Gasteiger partial charge in [-0.3, -0.25) is 9.78 Å². The van der Waals surface area contributed by atoms with Crippen molar-refractivity contribution in [1.82, 2.24) is 4.98 Å². The fraction of sp³-hybridized carbons (Fsp3) is 0.286. The fourth-order valence-electron chi connectivity index (χ4n) is 1.75. The Morgan fingerprint density at radius 2 is 2.05 bits per heavy atom. The Bertz CT molecular complexity index is 601. The number of methoxy groups -OCH3 is 1. The maximum absolute atomic E-state index is 11.2. The van der Waals surface area contributed by atoms with Crippen molar-refractivity contribution in [1.29, 1.82) is 0 Å². The van der Waals surface area contributed by atoms with Gasteiger partial charge in [-0.2, -0.15) is 0 Å². The number of halogens is 1. The lowest BCUT2D eigenvalue weighted by Crippen LogP contribution is -2.03. The van der Waals surface area contributed by atoms with Crippen molar-refractivity contribution in [2.24, 2.45) is 0 Å². The Hall–Kier alpha value is -1.26. The number of fused-ring (bicyclic) bond motifs is 1. The number of esters is 1. The Labute approximate surface area is 123 Å². The third-order valence-electron chi connectivity index (χ3n) is 2.63. The summed E-state index contributed by atoms with van der Waals surface area (Å²) in [5.74, 6) is 0.110. The van der Waals surface area contributed by atoms with Crippen LogP contribution in [-0.4, -0.2) is 23.8 Å². The van der Waals surface area contributed by atoms with Crippen LogP contribution in [-0.2, 0) is 9.53 Å². The summed E-state index contributed by atoms with van der Waals surface area (Å²) in [6.45, 7) is 4.01. The predicted molar refractivity (Wildman–Crippen MR) is 81.2 cm³/mol. The molecule has 0 saturated carbocycles. The van der Waals surface area contributed by atoms with Gasteiger partial charge in [-0.05, 0) is 32.0 Å². The Kier molecular flexibility index (Phi) is 5.63. The molecule has 0 fully saturated rings. The number of aromatic nitrogens is 1. The van der Waals surface area contributed by atoms with Crippen molar-refractivity contribution >= 4 is 41.0 Å². The summed E-state index contributed by atoms with van der Waals surface area (Å²) in [7, 11) is 1.41. The van der Waals surface area contributed by atoms with E-state index < -0.39 is 0 Å². The van der Waals surface area contributed by atoms with Gasteiger partial charge in [0, 0.05) is 16.0 Å². The molecule has 1 aromatic carbocycles. The third kappa shape index (κ3) is 3.85. The molecule has 1 heterocycles. The molecule has 3 nitrogen and oxygen atoms in total. The van der Waals surface area contributed by atoms with E-state index in [4.69, 9.17) is 0 Å². The average molecular weight is 298 g/mol. The SMILES string of the molecule is COC(=O)CSc1cc(C)nc2ccc(C)cc12.Cl. The molecule has 1 aromatic heterocycles. The van der Waals surface area contributed by atoms with Crippen LogP contribution in [0.2, 0.25) is 0 Å². The van der Waals surface area contributed by atoms with Gasteiger partial charge >= 0.3 is 5.97 Å². The number of carbonyl (C=O) groups is 1. The van der Waals surface area contributed by atoms with Crippen LogP contribution < -0.4 is 0 Å². The number of benzene rings is 1. The maximum atomic E-state index is 11.2. The molecule has 0 saturated heterocycles. The maximum Gasteiger partial charge on any atom is 0.315 e. The standard InChI is InChI=1S/C14H15NO2S.ClH/c1-9-4-5-12-11(6-9)13(7-10(2)15-12)18-8-14(16)17-3;/h4-7H,8H2,1-3H3;1H. The number of pyridine rings is 1. The molecule has 2 rings (SSSR count). The van der Waals surface area contributed by atoms with Crippen molar-refractivity contribution in [2.75, 3.05) is 12.9 Å². The van der Waals surface area contributed by atoms with E-state index in [0.717, 1.165) is 21.5 Å². The lowest BCUT2D eigenvalue weighted by molar-refractivity contribution is -0.137. The molecule has 102 valence electrons. The van der Waals surface area contributed by atoms with Crippen molar-refractivity contribution in [3.63, 3.8) is 0 Å². The molecular formula is C14H16ClNO2S. The van der Waals surface area contributed by atoms with Crippen molar-refractivity contribution in [3.05, 3.63) is 35.5 Å². The number of nitrogens with zero attached hydrogens (tertiary/aromatic N) is 1. The van der Waals surface area contributed by atoms with E-state index in [1.807, 2.05) is 32.0 Å². The van der Waals surface area contributed by atoms with Gasteiger partial charge < -0.3 is 4.74 Å². The minimum atomic E-state index is -0.213. The second kappa shape index (κ2) is 6.78. The van der Waals surface area contributed by atoms with E-state index in [2.05, 4.69) is 15.8 Å². The van der Waals surface area contributed by atoms with Crippen LogP contribution in [0, 0.1) is 13.8 Å². The molecule has 0 radical (unpaired) electrons. The first kappa shape index (κ1) is 15.8. The molecule has 5 heteroatoms. The van der Waals surface area contributed by atoms with Gasteiger partial charge in [0.15, 0.2) is 0 Å². The van der Waals surface area contributed by atoms with Gasteiger partial charge in [0.2, 0.25) is 0 Å². The number of rotatable bonds is 3. The van der Waals surface area contributed by atoms with Crippen LogP contribution in [0.3, 0.4) is 0 Å². The largest absolute Gasteiger partial charge is 0.468 e. The van der Waals surface area contributed by atoms with Crippen LogP contribution >= 0.6 is 24.2 Å². The smallest absolute Gasteiger partial charge is 0.315 e. The monoisotopic (exact) mass is 297 g/mol. The van der Waals surface area contributed by atoms with Gasteiger partial charge in [-0.15, -0.1) is 24.2 Å². The number of thioether (sulfide) groups is 1. The summed E-state index contributed by atoms with van der Waals surface area (Å²) < 4.78 is 4.66. The summed E-state index contributed by atoms with van der Waals surface area (Å²) >= 11 is 1.49. The highest BCUT2D eigenvalue weighted by Crippen LogP contribution is 2.28. The van der Waals surface area contributed by atoms with E-state index >= 15 is 0 Å². The normalized spacial score (nSPS) is 10.1. The molecular weight excluding hydrogens is 282 g/mol. The molecule has 0 unspecified atom stereocenters. The molecule has 2 aromatic rings. The number of hydrogen-bond donors (Lipinski definition) is 0. The first-order valence-corrected chi connectivity index (χ1v) is 6.66. The fourth-order valence-corrected chi connectivity index (χ4v) is 2.71. The van der Waals surface area contributed by atoms with Crippen LogP contribution in [0.1, 0.15) is 11.3 Å². The molecule has 0 amide bonds. The number of ether oxygens (including phenoxy) is 1. The summed E-state index contributed by atoms with van der Waals surface area (Å²) in [5, 5.41) is 1.09. The van der Waals surface area contributed by atoms with E-state index in [0.29, 0.717) is 5.75 Å². The van der Waals surface area contributed by atoms with Crippen LogP contribution in [0.5, 0.6) is 0 Å². The third-order valence-corrected chi connectivity index (χ3v) is 3.66. The first-order chi connectivity index (χ1) is 8.60. The molecule has 0 spiro atoms. The first-order valence-electron chi connectivity index (χ1n) is 5.68. The van der Waals surface area contributed by atoms with E-state index in [9.17, 15) is 4.79 Å². The molecule has 0 atom stereocenters. The molecule has 19 heavy (non-hydrogen) atoms. The van der Waals surface area contributed by atoms with Gasteiger partial charge in [0.05, 0.1) is 18.4 Å². The van der Waals surface area contributed by atoms with Crippen LogP contribution in [0.4, 0.5) is 0 Å². The Morgan fingerprint density at radius 3 is 2.74 bits per heavy atom. The minimum Gasteiger partial charge on any atom is -0.468 e. The van der Waals surface area contributed by atoms with Crippen molar-refractivity contribution in [3.8, 4) is 0 Å². The number of aryl methyl sites for hydroxylation is 2. The van der Waals surface area contributed by atoms with E-state index in [1.165, 1.54) is 24.4 Å².